The molecule has 1 atom stereocenters. The number of hydrogen-bond acceptors (Lipinski definition) is 4. The Bertz CT molecular complexity index is 528. The molecule has 0 amide bonds. The van der Waals surface area contributed by atoms with E-state index in [1.54, 1.807) is 18.4 Å². The smallest absolute Gasteiger partial charge is 0.240 e. The number of para-hydroxylation sites is 1. The molecule has 108 valence electrons. The number of halogens is 2. The number of nitrogens with zero attached hydrogens (tertiary/aromatic N) is 1. The van der Waals surface area contributed by atoms with Gasteiger partial charge in [-0.1, -0.05) is 18.2 Å². The number of rotatable bonds is 5. The fourth-order valence-electron chi connectivity index (χ4n) is 2.08. The molecule has 0 saturated carbocycles. The largest absolute Gasteiger partial charge is 0.398 e. The van der Waals surface area contributed by atoms with E-state index in [1.165, 1.54) is 0 Å². The van der Waals surface area contributed by atoms with Crippen LogP contribution < -0.4 is 16.8 Å². The number of alkyl halides is 2. The topological polar surface area (TPSA) is 76.4 Å². The van der Waals surface area contributed by atoms with Crippen LogP contribution in [0.2, 0.25) is 0 Å². The highest BCUT2D eigenvalue weighted by Gasteiger charge is 2.28. The molecule has 0 saturated heterocycles. The lowest BCUT2D eigenvalue weighted by Gasteiger charge is -2.28. The molecule has 4 nitrogen and oxygen atoms in total. The molecule has 1 aliphatic rings. The second kappa shape index (κ2) is 6.00. The number of hydrogen-bond donors (Lipinski definition) is 3. The van der Waals surface area contributed by atoms with Crippen molar-refractivity contribution in [3.05, 3.63) is 41.7 Å². The van der Waals surface area contributed by atoms with E-state index in [2.05, 4.69) is 10.3 Å². The van der Waals surface area contributed by atoms with Gasteiger partial charge in [-0.3, -0.25) is 0 Å². The Kier molecular flexibility index (Phi) is 4.34. The van der Waals surface area contributed by atoms with Crippen LogP contribution in [-0.2, 0) is 5.54 Å². The predicted molar refractivity (Wildman–Crippen MR) is 76.5 cm³/mol. The van der Waals surface area contributed by atoms with Gasteiger partial charge in [0.05, 0.1) is 5.54 Å². The van der Waals surface area contributed by atoms with Crippen molar-refractivity contribution in [1.29, 1.82) is 0 Å². The lowest BCUT2D eigenvalue weighted by molar-refractivity contribution is 0.138. The molecule has 0 bridgehead atoms. The molecule has 2 rings (SSSR count). The Morgan fingerprint density at radius 3 is 2.70 bits per heavy atom. The summed E-state index contributed by atoms with van der Waals surface area (Å²) < 4.78 is 24.1. The summed E-state index contributed by atoms with van der Waals surface area (Å²) >= 11 is 0. The van der Waals surface area contributed by atoms with Gasteiger partial charge in [-0.2, -0.15) is 0 Å². The minimum atomic E-state index is -2.31. The second-order valence-corrected chi connectivity index (χ2v) is 4.79. The van der Waals surface area contributed by atoms with E-state index in [-0.39, 0.29) is 13.0 Å². The van der Waals surface area contributed by atoms with E-state index < -0.39 is 12.0 Å². The second-order valence-electron chi connectivity index (χ2n) is 4.79. The van der Waals surface area contributed by atoms with Gasteiger partial charge in [-0.15, -0.1) is 0 Å². The van der Waals surface area contributed by atoms with Crippen molar-refractivity contribution in [2.45, 2.75) is 24.8 Å². The van der Waals surface area contributed by atoms with Gasteiger partial charge in [-0.05, 0) is 18.6 Å². The van der Waals surface area contributed by atoms with Crippen LogP contribution in [-0.4, -0.2) is 19.2 Å². The van der Waals surface area contributed by atoms with Gasteiger partial charge in [0.15, 0.2) is 0 Å². The average molecular weight is 280 g/mol. The molecule has 0 spiro atoms. The summed E-state index contributed by atoms with van der Waals surface area (Å²) in [5.74, 6) is 0.571. The molecular formula is C14H18F2N4. The number of nitrogens with two attached hydrogens (primary N) is 2. The standard InChI is InChI=1S/C14H18F2N4/c15-12(16)6-8-19-13-5-7-14(18,9-20-13)10-3-1-2-4-11(10)17/h1-5,9,12,19H,6-8,17-18H2. The van der Waals surface area contributed by atoms with E-state index in [9.17, 15) is 8.78 Å². The van der Waals surface area contributed by atoms with E-state index in [1.807, 2.05) is 18.2 Å². The van der Waals surface area contributed by atoms with E-state index in [4.69, 9.17) is 11.5 Å². The fourth-order valence-corrected chi connectivity index (χ4v) is 2.08. The van der Waals surface area contributed by atoms with Crippen molar-refractivity contribution in [1.82, 2.24) is 5.32 Å². The Morgan fingerprint density at radius 1 is 1.35 bits per heavy atom. The quantitative estimate of drug-likeness (QED) is 0.722. The van der Waals surface area contributed by atoms with Gasteiger partial charge in [-0.25, -0.2) is 13.8 Å². The molecule has 1 aliphatic heterocycles. The zero-order valence-electron chi connectivity index (χ0n) is 11.0. The van der Waals surface area contributed by atoms with E-state index >= 15 is 0 Å². The van der Waals surface area contributed by atoms with Crippen LogP contribution in [0.25, 0.3) is 0 Å². The minimum Gasteiger partial charge on any atom is -0.398 e. The highest BCUT2D eigenvalue weighted by molar-refractivity contribution is 5.78. The van der Waals surface area contributed by atoms with Crippen molar-refractivity contribution >= 4 is 11.9 Å². The molecule has 1 aromatic carbocycles. The first-order valence-electron chi connectivity index (χ1n) is 6.42. The Balaban J connectivity index is 2.01. The minimum absolute atomic E-state index is 0.186. The maximum atomic E-state index is 12.0. The first-order valence-corrected chi connectivity index (χ1v) is 6.42. The molecule has 1 aromatic rings. The molecule has 5 N–H and O–H groups in total. The average Bonchev–Trinajstić information content (AvgIpc) is 2.41. The summed E-state index contributed by atoms with van der Waals surface area (Å²) in [6.45, 7) is 0.186. The molecule has 0 aromatic heterocycles. The van der Waals surface area contributed by atoms with Gasteiger partial charge in [0.1, 0.15) is 5.82 Å². The number of nitrogens with one attached hydrogen (secondary N) is 1. The lowest BCUT2D eigenvalue weighted by Crippen LogP contribution is -2.40. The molecular weight excluding hydrogens is 262 g/mol. The molecule has 0 aliphatic carbocycles. The number of benzene rings is 1. The van der Waals surface area contributed by atoms with Crippen molar-refractivity contribution in [3.63, 3.8) is 0 Å². The maximum Gasteiger partial charge on any atom is 0.240 e. The van der Waals surface area contributed by atoms with E-state index in [0.717, 1.165) is 5.56 Å². The van der Waals surface area contributed by atoms with Crippen LogP contribution in [0.5, 0.6) is 0 Å². The van der Waals surface area contributed by atoms with Gasteiger partial charge >= 0.3 is 0 Å². The molecule has 6 heteroatoms. The number of anilines is 1. The monoisotopic (exact) mass is 280 g/mol. The Labute approximate surface area is 116 Å². The van der Waals surface area contributed by atoms with Gasteiger partial charge in [0.2, 0.25) is 6.43 Å². The third-order valence-corrected chi connectivity index (χ3v) is 3.20. The van der Waals surface area contributed by atoms with Crippen molar-refractivity contribution in [2.24, 2.45) is 10.7 Å². The van der Waals surface area contributed by atoms with Gasteiger partial charge in [0, 0.05) is 30.4 Å². The van der Waals surface area contributed by atoms with Crippen LogP contribution in [0.4, 0.5) is 14.5 Å². The third-order valence-electron chi connectivity index (χ3n) is 3.20. The summed E-state index contributed by atoms with van der Waals surface area (Å²) in [6, 6.07) is 7.37. The normalized spacial score (nSPS) is 21.9. The summed E-state index contributed by atoms with van der Waals surface area (Å²) in [5, 5.41) is 2.85. The van der Waals surface area contributed by atoms with Gasteiger partial charge in [0.25, 0.3) is 0 Å². The summed E-state index contributed by atoms with van der Waals surface area (Å²) in [6.07, 6.45) is 1.42. The first-order chi connectivity index (χ1) is 9.51. The van der Waals surface area contributed by atoms with Crippen LogP contribution in [0, 0.1) is 0 Å². The molecule has 1 heterocycles. The lowest BCUT2D eigenvalue weighted by atomic mass is 9.86. The highest BCUT2D eigenvalue weighted by atomic mass is 19.3. The van der Waals surface area contributed by atoms with Crippen LogP contribution >= 0.6 is 0 Å². The predicted octanol–water partition coefficient (Wildman–Crippen LogP) is 1.98. The van der Waals surface area contributed by atoms with Crippen LogP contribution in [0.3, 0.4) is 0 Å². The number of aliphatic imine (C=N–C) groups is 1. The Morgan fingerprint density at radius 2 is 2.10 bits per heavy atom. The summed E-state index contributed by atoms with van der Waals surface area (Å²) in [5.41, 5.74) is 12.9. The van der Waals surface area contributed by atoms with Crippen molar-refractivity contribution < 1.29 is 8.78 Å². The summed E-state index contributed by atoms with van der Waals surface area (Å²) in [7, 11) is 0. The fraction of sp³-hybridized carbons (Fsp3) is 0.357. The third kappa shape index (κ3) is 3.33. The highest BCUT2D eigenvalue weighted by Crippen LogP contribution is 2.28. The maximum absolute atomic E-state index is 12.0. The van der Waals surface area contributed by atoms with Crippen molar-refractivity contribution in [2.75, 3.05) is 12.3 Å². The number of nitrogen functional groups attached to an aromatic ring is 1. The molecule has 0 radical (unpaired) electrons. The zero-order chi connectivity index (χ0) is 14.6. The van der Waals surface area contributed by atoms with E-state index in [0.29, 0.717) is 17.9 Å². The van der Waals surface area contributed by atoms with Crippen LogP contribution in [0.1, 0.15) is 18.4 Å². The Hall–Kier alpha value is -1.95. The summed E-state index contributed by atoms with van der Waals surface area (Å²) in [4.78, 5) is 4.20. The van der Waals surface area contributed by atoms with Gasteiger partial charge < -0.3 is 16.8 Å². The van der Waals surface area contributed by atoms with Crippen molar-refractivity contribution in [3.8, 4) is 0 Å². The molecule has 1 unspecified atom stereocenters. The SMILES string of the molecule is Nc1ccccc1C1(N)C=NC(NCCC(F)F)=CC1. The van der Waals surface area contributed by atoms with Crippen LogP contribution in [0.15, 0.2) is 41.2 Å². The molecule has 20 heavy (non-hydrogen) atoms. The molecule has 0 fully saturated rings. The zero-order valence-corrected chi connectivity index (χ0v) is 11.0. The first kappa shape index (κ1) is 14.5.